The molecule has 2 aliphatic rings. The van der Waals surface area contributed by atoms with Crippen LogP contribution in [-0.4, -0.2) is 29.8 Å². The van der Waals surface area contributed by atoms with E-state index in [-0.39, 0.29) is 0 Å². The minimum absolute atomic E-state index is 0.903. The minimum Gasteiger partial charge on any atom is -0.325 e. The standard InChI is InChI=1S/C7H12N4/c1-3-8-10(5-1)7-11-6-2-4-9-11/h1-4,8-9H,5-7H2. The van der Waals surface area contributed by atoms with Crippen LogP contribution in [0.1, 0.15) is 0 Å². The summed E-state index contributed by atoms with van der Waals surface area (Å²) in [5.74, 6) is 0. The van der Waals surface area contributed by atoms with Gasteiger partial charge in [0.25, 0.3) is 0 Å². The number of hydrazine groups is 2. The van der Waals surface area contributed by atoms with Gasteiger partial charge in [0, 0.05) is 25.5 Å². The zero-order valence-electron chi connectivity index (χ0n) is 6.33. The summed E-state index contributed by atoms with van der Waals surface area (Å²) < 4.78 is 0. The number of hydrogen-bond donors (Lipinski definition) is 2. The van der Waals surface area contributed by atoms with Crippen LogP contribution >= 0.6 is 0 Å². The second-order valence-electron chi connectivity index (χ2n) is 2.65. The molecule has 0 saturated heterocycles. The van der Waals surface area contributed by atoms with Crippen LogP contribution in [0.25, 0.3) is 0 Å². The van der Waals surface area contributed by atoms with E-state index in [1.54, 1.807) is 0 Å². The summed E-state index contributed by atoms with van der Waals surface area (Å²) in [6, 6.07) is 0. The molecule has 0 saturated carbocycles. The third-order valence-electron chi connectivity index (χ3n) is 1.74. The van der Waals surface area contributed by atoms with Crippen molar-refractivity contribution in [1.82, 2.24) is 20.9 Å². The lowest BCUT2D eigenvalue weighted by atomic mass is 10.6. The van der Waals surface area contributed by atoms with Gasteiger partial charge in [-0.15, -0.1) is 0 Å². The van der Waals surface area contributed by atoms with Gasteiger partial charge >= 0.3 is 0 Å². The lowest BCUT2D eigenvalue weighted by Crippen LogP contribution is -2.44. The van der Waals surface area contributed by atoms with Crippen molar-refractivity contribution in [3.05, 3.63) is 24.6 Å². The van der Waals surface area contributed by atoms with Crippen molar-refractivity contribution in [1.29, 1.82) is 0 Å². The van der Waals surface area contributed by atoms with Gasteiger partial charge in [-0.25, -0.2) is 10.0 Å². The van der Waals surface area contributed by atoms with Crippen molar-refractivity contribution in [3.63, 3.8) is 0 Å². The monoisotopic (exact) mass is 152 g/mol. The van der Waals surface area contributed by atoms with Gasteiger partial charge in [-0.05, 0) is 0 Å². The Kier molecular flexibility index (Phi) is 1.79. The molecule has 0 radical (unpaired) electrons. The summed E-state index contributed by atoms with van der Waals surface area (Å²) in [4.78, 5) is 0. The Morgan fingerprint density at radius 3 is 1.91 bits per heavy atom. The maximum Gasteiger partial charge on any atom is 0.0883 e. The Morgan fingerprint density at radius 1 is 1.00 bits per heavy atom. The Morgan fingerprint density at radius 2 is 1.55 bits per heavy atom. The topological polar surface area (TPSA) is 30.5 Å². The quantitative estimate of drug-likeness (QED) is 0.564. The van der Waals surface area contributed by atoms with Gasteiger partial charge in [-0.1, -0.05) is 12.2 Å². The first kappa shape index (κ1) is 6.69. The van der Waals surface area contributed by atoms with Gasteiger partial charge in [0.2, 0.25) is 0 Å². The third kappa shape index (κ3) is 1.53. The average Bonchev–Trinajstić information content (AvgIpc) is 2.60. The average molecular weight is 152 g/mol. The number of nitrogens with zero attached hydrogens (tertiary/aromatic N) is 2. The molecule has 4 heteroatoms. The molecule has 11 heavy (non-hydrogen) atoms. The van der Waals surface area contributed by atoms with Crippen LogP contribution < -0.4 is 10.9 Å². The Hall–Kier alpha value is -1.00. The molecular weight excluding hydrogens is 140 g/mol. The van der Waals surface area contributed by atoms with Crippen LogP contribution in [0.15, 0.2) is 24.6 Å². The zero-order valence-corrected chi connectivity index (χ0v) is 6.33. The number of nitrogens with one attached hydrogen (secondary N) is 2. The Labute approximate surface area is 66.1 Å². The predicted octanol–water partition coefficient (Wildman–Crippen LogP) is -0.388. The fourth-order valence-corrected chi connectivity index (χ4v) is 1.18. The van der Waals surface area contributed by atoms with Crippen LogP contribution in [0.5, 0.6) is 0 Å². The van der Waals surface area contributed by atoms with Gasteiger partial charge in [0.1, 0.15) is 0 Å². The molecule has 0 atom stereocenters. The van der Waals surface area contributed by atoms with Crippen LogP contribution in [0, 0.1) is 0 Å². The highest BCUT2D eigenvalue weighted by atomic mass is 15.6. The van der Waals surface area contributed by atoms with Gasteiger partial charge in [-0.2, -0.15) is 0 Å². The van der Waals surface area contributed by atoms with Gasteiger partial charge < -0.3 is 10.9 Å². The van der Waals surface area contributed by atoms with Gasteiger partial charge in [-0.3, -0.25) is 0 Å². The fraction of sp³-hybridized carbons (Fsp3) is 0.429. The van der Waals surface area contributed by atoms with E-state index in [0.29, 0.717) is 0 Å². The van der Waals surface area contributed by atoms with Crippen LogP contribution in [0.4, 0.5) is 0 Å². The second kappa shape index (κ2) is 2.94. The molecular formula is C7H12N4. The van der Waals surface area contributed by atoms with Crippen molar-refractivity contribution >= 4 is 0 Å². The lowest BCUT2D eigenvalue weighted by Gasteiger charge is -2.23. The first-order valence-corrected chi connectivity index (χ1v) is 3.77. The number of rotatable bonds is 2. The van der Waals surface area contributed by atoms with Crippen LogP contribution in [0.2, 0.25) is 0 Å². The van der Waals surface area contributed by atoms with Crippen molar-refractivity contribution in [2.24, 2.45) is 0 Å². The molecule has 2 rings (SSSR count). The maximum atomic E-state index is 3.13. The smallest absolute Gasteiger partial charge is 0.0883 e. The second-order valence-corrected chi connectivity index (χ2v) is 2.65. The van der Waals surface area contributed by atoms with E-state index in [9.17, 15) is 0 Å². The molecule has 0 spiro atoms. The van der Waals surface area contributed by atoms with E-state index >= 15 is 0 Å². The maximum absolute atomic E-state index is 3.13. The molecule has 0 amide bonds. The summed E-state index contributed by atoms with van der Waals surface area (Å²) >= 11 is 0. The zero-order chi connectivity index (χ0) is 7.52. The van der Waals surface area contributed by atoms with Crippen LogP contribution in [-0.2, 0) is 0 Å². The molecule has 4 nitrogen and oxygen atoms in total. The van der Waals surface area contributed by atoms with E-state index in [2.05, 4.69) is 33.0 Å². The van der Waals surface area contributed by atoms with Crippen molar-refractivity contribution in [3.8, 4) is 0 Å². The number of hydrogen-bond acceptors (Lipinski definition) is 4. The minimum atomic E-state index is 0.903. The van der Waals surface area contributed by atoms with E-state index in [1.807, 2.05) is 12.4 Å². The highest BCUT2D eigenvalue weighted by Gasteiger charge is 2.11. The first-order valence-electron chi connectivity index (χ1n) is 3.77. The molecule has 2 heterocycles. The predicted molar refractivity (Wildman–Crippen MR) is 42.8 cm³/mol. The molecule has 2 N–H and O–H groups in total. The molecule has 0 fully saturated rings. The largest absolute Gasteiger partial charge is 0.325 e. The molecule has 60 valence electrons. The van der Waals surface area contributed by atoms with E-state index < -0.39 is 0 Å². The summed E-state index contributed by atoms with van der Waals surface area (Å²) in [7, 11) is 0. The van der Waals surface area contributed by atoms with E-state index in [1.165, 1.54) is 0 Å². The molecule has 0 aromatic rings. The van der Waals surface area contributed by atoms with Crippen molar-refractivity contribution < 1.29 is 0 Å². The van der Waals surface area contributed by atoms with Gasteiger partial charge in [0.05, 0.1) is 6.67 Å². The molecule has 0 aliphatic carbocycles. The highest BCUT2D eigenvalue weighted by Crippen LogP contribution is 1.97. The normalized spacial score (nSPS) is 24.0. The highest BCUT2D eigenvalue weighted by molar-refractivity contribution is 4.91. The first-order chi connectivity index (χ1) is 5.45. The molecule has 2 aliphatic heterocycles. The Balaban J connectivity index is 1.73. The van der Waals surface area contributed by atoms with Crippen LogP contribution in [0.3, 0.4) is 0 Å². The molecule has 0 aromatic heterocycles. The Bertz CT molecular complexity index is 151. The summed E-state index contributed by atoms with van der Waals surface area (Å²) in [5.41, 5.74) is 6.25. The SMILES string of the molecule is C1=CNN(CN2CC=CN2)C1. The summed E-state index contributed by atoms with van der Waals surface area (Å²) in [6.45, 7) is 2.87. The summed E-state index contributed by atoms with van der Waals surface area (Å²) in [6.07, 6.45) is 8.12. The third-order valence-corrected chi connectivity index (χ3v) is 1.74. The summed E-state index contributed by atoms with van der Waals surface area (Å²) in [5, 5.41) is 4.25. The molecule has 0 aromatic carbocycles. The van der Waals surface area contributed by atoms with Gasteiger partial charge in [0.15, 0.2) is 0 Å². The lowest BCUT2D eigenvalue weighted by molar-refractivity contribution is 0.114. The molecule has 0 unspecified atom stereocenters. The van der Waals surface area contributed by atoms with Crippen molar-refractivity contribution in [2.45, 2.75) is 0 Å². The van der Waals surface area contributed by atoms with E-state index in [0.717, 1.165) is 19.8 Å². The van der Waals surface area contributed by atoms with E-state index in [4.69, 9.17) is 0 Å². The van der Waals surface area contributed by atoms with Crippen molar-refractivity contribution in [2.75, 3.05) is 19.8 Å². The molecule has 0 bridgehead atoms. The fourth-order valence-electron chi connectivity index (χ4n) is 1.18.